The standard InChI is InChI=1S/C5H6O3/c6-3-1-2-4(7)5(3)8/h1-3,5-6,8H/t3-,5-/m1/s1. The number of aliphatic hydroxyl groups is 2. The fourth-order valence-corrected chi connectivity index (χ4v) is 0.566. The van der Waals surface area contributed by atoms with Gasteiger partial charge in [0.2, 0.25) is 0 Å². The van der Waals surface area contributed by atoms with Crippen molar-refractivity contribution in [3.8, 4) is 0 Å². The summed E-state index contributed by atoms with van der Waals surface area (Å²) in [5.41, 5.74) is 0. The van der Waals surface area contributed by atoms with Gasteiger partial charge in [0, 0.05) is 0 Å². The maximum Gasteiger partial charge on any atom is 0.186 e. The fraction of sp³-hybridized carbons (Fsp3) is 0.400. The van der Waals surface area contributed by atoms with Crippen LogP contribution in [0.3, 0.4) is 0 Å². The minimum absolute atomic E-state index is 0.419. The summed E-state index contributed by atoms with van der Waals surface area (Å²) in [6.07, 6.45) is 0.250. The number of hydrogen-bond donors (Lipinski definition) is 2. The van der Waals surface area contributed by atoms with Gasteiger partial charge in [-0.05, 0) is 12.2 Å². The van der Waals surface area contributed by atoms with Crippen molar-refractivity contribution in [1.82, 2.24) is 0 Å². The van der Waals surface area contributed by atoms with E-state index in [1.54, 1.807) is 0 Å². The summed E-state index contributed by atoms with van der Waals surface area (Å²) in [4.78, 5) is 10.3. The van der Waals surface area contributed by atoms with Gasteiger partial charge in [-0.15, -0.1) is 0 Å². The molecule has 0 saturated carbocycles. The largest absolute Gasteiger partial charge is 0.386 e. The second-order valence-electron chi connectivity index (χ2n) is 1.70. The first kappa shape index (κ1) is 5.47. The first-order valence-corrected chi connectivity index (χ1v) is 2.30. The van der Waals surface area contributed by atoms with E-state index >= 15 is 0 Å². The average molecular weight is 114 g/mol. The molecule has 3 heteroatoms. The van der Waals surface area contributed by atoms with Crippen LogP contribution in [0.25, 0.3) is 0 Å². The first-order valence-electron chi connectivity index (χ1n) is 2.30. The lowest BCUT2D eigenvalue weighted by atomic mass is 10.2. The van der Waals surface area contributed by atoms with Crippen molar-refractivity contribution in [1.29, 1.82) is 0 Å². The zero-order valence-corrected chi connectivity index (χ0v) is 4.11. The maximum atomic E-state index is 10.3. The summed E-state index contributed by atoms with van der Waals surface area (Å²) >= 11 is 0. The molecular weight excluding hydrogens is 108 g/mol. The number of carbonyl (C=O) groups is 1. The summed E-state index contributed by atoms with van der Waals surface area (Å²) in [6.45, 7) is 0. The van der Waals surface area contributed by atoms with Crippen molar-refractivity contribution < 1.29 is 15.0 Å². The molecule has 0 saturated heterocycles. The Morgan fingerprint density at radius 1 is 1.50 bits per heavy atom. The van der Waals surface area contributed by atoms with E-state index in [2.05, 4.69) is 0 Å². The Balaban J connectivity index is 2.69. The molecule has 2 atom stereocenters. The Morgan fingerprint density at radius 3 is 2.25 bits per heavy atom. The third kappa shape index (κ3) is 0.657. The number of carbonyl (C=O) groups excluding carboxylic acids is 1. The van der Waals surface area contributed by atoms with Crippen LogP contribution in [-0.4, -0.2) is 28.2 Å². The summed E-state index contributed by atoms with van der Waals surface area (Å²) < 4.78 is 0. The Bertz CT molecular complexity index is 139. The zero-order valence-electron chi connectivity index (χ0n) is 4.11. The van der Waals surface area contributed by atoms with E-state index in [9.17, 15) is 4.79 Å². The monoisotopic (exact) mass is 114 g/mol. The van der Waals surface area contributed by atoms with Crippen molar-refractivity contribution in [3.05, 3.63) is 12.2 Å². The van der Waals surface area contributed by atoms with E-state index in [0.29, 0.717) is 0 Å². The molecule has 1 aliphatic carbocycles. The molecule has 3 nitrogen and oxygen atoms in total. The van der Waals surface area contributed by atoms with Crippen molar-refractivity contribution in [2.75, 3.05) is 0 Å². The van der Waals surface area contributed by atoms with Crippen LogP contribution in [0, 0.1) is 0 Å². The summed E-state index contributed by atoms with van der Waals surface area (Å²) in [5, 5.41) is 17.2. The number of aliphatic hydroxyl groups excluding tert-OH is 2. The van der Waals surface area contributed by atoms with Gasteiger partial charge in [-0.3, -0.25) is 4.79 Å². The van der Waals surface area contributed by atoms with Gasteiger partial charge in [0.1, 0.15) is 12.2 Å². The van der Waals surface area contributed by atoms with Gasteiger partial charge >= 0.3 is 0 Å². The molecule has 0 bridgehead atoms. The SMILES string of the molecule is O=C1C=C[C@@H](O)[C@H]1O. The van der Waals surface area contributed by atoms with Gasteiger partial charge in [0.25, 0.3) is 0 Å². The predicted molar refractivity (Wildman–Crippen MR) is 26.2 cm³/mol. The molecule has 1 rings (SSSR count). The molecule has 0 fully saturated rings. The van der Waals surface area contributed by atoms with Crippen LogP contribution < -0.4 is 0 Å². The van der Waals surface area contributed by atoms with Crippen LogP contribution >= 0.6 is 0 Å². The average Bonchev–Trinajstić information content (AvgIpc) is 1.98. The minimum Gasteiger partial charge on any atom is -0.386 e. The molecular formula is C5H6O3. The van der Waals surface area contributed by atoms with Crippen LogP contribution in [0.4, 0.5) is 0 Å². The number of ketones is 1. The van der Waals surface area contributed by atoms with E-state index in [4.69, 9.17) is 10.2 Å². The molecule has 2 N–H and O–H groups in total. The second-order valence-corrected chi connectivity index (χ2v) is 1.70. The van der Waals surface area contributed by atoms with Crippen molar-refractivity contribution in [2.45, 2.75) is 12.2 Å². The van der Waals surface area contributed by atoms with E-state index in [1.807, 2.05) is 0 Å². The van der Waals surface area contributed by atoms with Crippen LogP contribution in [-0.2, 0) is 4.79 Å². The zero-order chi connectivity index (χ0) is 6.15. The van der Waals surface area contributed by atoms with E-state index in [-0.39, 0.29) is 0 Å². The first-order chi connectivity index (χ1) is 3.72. The minimum atomic E-state index is -1.21. The molecule has 0 aromatic rings. The van der Waals surface area contributed by atoms with Crippen molar-refractivity contribution >= 4 is 5.78 Å². The normalized spacial score (nSPS) is 36.5. The lowest BCUT2D eigenvalue weighted by Crippen LogP contribution is -2.25. The summed E-state index contributed by atoms with van der Waals surface area (Å²) in [6, 6.07) is 0. The highest BCUT2D eigenvalue weighted by Gasteiger charge is 2.24. The Hall–Kier alpha value is -0.670. The van der Waals surface area contributed by atoms with Gasteiger partial charge in [-0.2, -0.15) is 0 Å². The highest BCUT2D eigenvalue weighted by atomic mass is 16.3. The molecule has 0 aliphatic heterocycles. The fourth-order valence-electron chi connectivity index (χ4n) is 0.566. The number of hydrogen-bond acceptors (Lipinski definition) is 3. The predicted octanol–water partition coefficient (Wildman–Crippen LogP) is -1.15. The van der Waals surface area contributed by atoms with Crippen LogP contribution in [0.1, 0.15) is 0 Å². The molecule has 8 heavy (non-hydrogen) atoms. The second kappa shape index (κ2) is 1.69. The Labute approximate surface area is 46.3 Å². The smallest absolute Gasteiger partial charge is 0.186 e. The third-order valence-electron chi connectivity index (χ3n) is 1.07. The van der Waals surface area contributed by atoms with Gasteiger partial charge in [0.15, 0.2) is 5.78 Å². The summed E-state index contributed by atoms with van der Waals surface area (Å²) in [7, 11) is 0. The lowest BCUT2D eigenvalue weighted by molar-refractivity contribution is -0.124. The van der Waals surface area contributed by atoms with Gasteiger partial charge in [-0.1, -0.05) is 0 Å². The molecule has 0 amide bonds. The third-order valence-corrected chi connectivity index (χ3v) is 1.07. The van der Waals surface area contributed by atoms with Crippen LogP contribution in [0.5, 0.6) is 0 Å². The van der Waals surface area contributed by atoms with Gasteiger partial charge < -0.3 is 10.2 Å². The molecule has 44 valence electrons. The molecule has 0 aromatic heterocycles. The molecule has 0 radical (unpaired) electrons. The lowest BCUT2D eigenvalue weighted by Gasteiger charge is -2.01. The van der Waals surface area contributed by atoms with Crippen molar-refractivity contribution in [3.63, 3.8) is 0 Å². The van der Waals surface area contributed by atoms with E-state index in [1.165, 1.54) is 12.2 Å². The van der Waals surface area contributed by atoms with Gasteiger partial charge in [-0.25, -0.2) is 0 Å². The molecule has 0 aromatic carbocycles. The van der Waals surface area contributed by atoms with Crippen LogP contribution in [0.15, 0.2) is 12.2 Å². The Kier molecular flexibility index (Phi) is 1.15. The van der Waals surface area contributed by atoms with Crippen molar-refractivity contribution in [2.24, 2.45) is 0 Å². The molecule has 1 aliphatic rings. The maximum absolute atomic E-state index is 10.3. The van der Waals surface area contributed by atoms with E-state index in [0.717, 1.165) is 0 Å². The Morgan fingerprint density at radius 2 is 2.12 bits per heavy atom. The molecule has 0 heterocycles. The highest BCUT2D eigenvalue weighted by molar-refractivity contribution is 5.96. The van der Waals surface area contributed by atoms with Gasteiger partial charge in [0.05, 0.1) is 0 Å². The molecule has 0 spiro atoms. The topological polar surface area (TPSA) is 57.5 Å². The summed E-state index contributed by atoms with van der Waals surface area (Å²) in [5.74, 6) is -0.419. The highest BCUT2D eigenvalue weighted by Crippen LogP contribution is 2.05. The van der Waals surface area contributed by atoms with Crippen LogP contribution in [0.2, 0.25) is 0 Å². The van der Waals surface area contributed by atoms with E-state index < -0.39 is 18.0 Å². The number of rotatable bonds is 0. The molecule has 0 unspecified atom stereocenters. The quantitative estimate of drug-likeness (QED) is 0.418.